The lowest BCUT2D eigenvalue weighted by atomic mass is 10.2. The van der Waals surface area contributed by atoms with Gasteiger partial charge in [-0.1, -0.05) is 31.0 Å². The Kier molecular flexibility index (Phi) is 4.21. The second kappa shape index (κ2) is 6.52. The highest BCUT2D eigenvalue weighted by atomic mass is 32.1. The van der Waals surface area contributed by atoms with E-state index in [9.17, 15) is 4.79 Å². The maximum absolute atomic E-state index is 12.6. The van der Waals surface area contributed by atoms with Gasteiger partial charge in [-0.2, -0.15) is 0 Å². The van der Waals surface area contributed by atoms with Gasteiger partial charge < -0.3 is 10.2 Å². The maximum Gasteiger partial charge on any atom is 0.261 e. The number of carbonyl (C=O) groups is 1. The molecule has 3 aromatic rings. The molecular formula is C19H22N4OS. The summed E-state index contributed by atoms with van der Waals surface area (Å²) >= 11 is 1.51. The second-order valence-corrected chi connectivity index (χ2v) is 7.76. The van der Waals surface area contributed by atoms with E-state index in [1.54, 1.807) is 0 Å². The van der Waals surface area contributed by atoms with Crippen molar-refractivity contribution in [3.8, 4) is 5.69 Å². The van der Waals surface area contributed by atoms with Crippen LogP contribution in [0.5, 0.6) is 0 Å². The first kappa shape index (κ1) is 16.1. The number of hydrogen-bond acceptors (Lipinski definition) is 4. The number of benzene rings is 1. The van der Waals surface area contributed by atoms with E-state index in [1.165, 1.54) is 24.2 Å². The predicted octanol–water partition coefficient (Wildman–Crippen LogP) is 3.83. The van der Waals surface area contributed by atoms with Crippen LogP contribution in [0, 0.1) is 0 Å². The van der Waals surface area contributed by atoms with Crippen molar-refractivity contribution >= 4 is 33.5 Å². The van der Waals surface area contributed by atoms with Crippen molar-refractivity contribution in [1.82, 2.24) is 14.9 Å². The van der Waals surface area contributed by atoms with Crippen molar-refractivity contribution < 1.29 is 4.79 Å². The first-order valence-electron chi connectivity index (χ1n) is 8.69. The maximum atomic E-state index is 12.6. The Morgan fingerprint density at radius 3 is 2.64 bits per heavy atom. The lowest BCUT2D eigenvalue weighted by molar-refractivity contribution is 0.0942. The molecule has 5 nitrogen and oxygen atoms in total. The van der Waals surface area contributed by atoms with Crippen LogP contribution < -0.4 is 10.2 Å². The molecular weight excluding hydrogens is 332 g/mol. The van der Waals surface area contributed by atoms with Gasteiger partial charge in [0, 0.05) is 25.8 Å². The number of nitrogens with one attached hydrogen (secondary N) is 1. The fourth-order valence-corrected chi connectivity index (χ4v) is 4.43. The van der Waals surface area contributed by atoms with Gasteiger partial charge in [0.25, 0.3) is 5.91 Å². The molecule has 1 aliphatic rings. The Bertz CT molecular complexity index is 891. The van der Waals surface area contributed by atoms with E-state index in [2.05, 4.69) is 22.0 Å². The number of nitrogens with zero attached hydrogens (tertiary/aromatic N) is 3. The van der Waals surface area contributed by atoms with Crippen molar-refractivity contribution in [2.24, 2.45) is 0 Å². The highest BCUT2D eigenvalue weighted by molar-refractivity contribution is 7.20. The van der Waals surface area contributed by atoms with E-state index in [4.69, 9.17) is 4.98 Å². The third kappa shape index (κ3) is 3.02. The van der Waals surface area contributed by atoms with Crippen molar-refractivity contribution in [3.63, 3.8) is 0 Å². The lowest BCUT2D eigenvalue weighted by Gasteiger charge is -2.14. The summed E-state index contributed by atoms with van der Waals surface area (Å²) in [5.41, 5.74) is 1.92. The Morgan fingerprint density at radius 1 is 1.24 bits per heavy atom. The molecule has 0 bridgehead atoms. The number of fused-ring (bicyclic) bond motifs is 1. The van der Waals surface area contributed by atoms with E-state index in [0.29, 0.717) is 6.04 Å². The Labute approximate surface area is 151 Å². The van der Waals surface area contributed by atoms with Crippen molar-refractivity contribution in [2.45, 2.75) is 31.7 Å². The average Bonchev–Trinajstić information content (AvgIpc) is 3.30. The fourth-order valence-electron chi connectivity index (χ4n) is 3.41. The monoisotopic (exact) mass is 354 g/mol. The fraction of sp³-hybridized carbons (Fsp3) is 0.368. The molecule has 2 aromatic heterocycles. The SMILES string of the molecule is CN(C)c1nc2cc(C(=O)NC3CCCC3)sc2n1-c1ccccc1. The smallest absolute Gasteiger partial charge is 0.261 e. The third-order valence-corrected chi connectivity index (χ3v) is 5.75. The van der Waals surface area contributed by atoms with E-state index in [1.807, 2.05) is 43.3 Å². The quantitative estimate of drug-likeness (QED) is 0.775. The van der Waals surface area contributed by atoms with Crippen molar-refractivity contribution in [2.75, 3.05) is 19.0 Å². The van der Waals surface area contributed by atoms with Crippen LogP contribution in [0.25, 0.3) is 16.0 Å². The molecule has 1 N–H and O–H groups in total. The normalized spacial score (nSPS) is 15.0. The van der Waals surface area contributed by atoms with E-state index >= 15 is 0 Å². The molecule has 2 heterocycles. The van der Waals surface area contributed by atoms with E-state index in [0.717, 1.165) is 39.7 Å². The molecule has 4 rings (SSSR count). The summed E-state index contributed by atoms with van der Waals surface area (Å²) in [6.45, 7) is 0. The first-order chi connectivity index (χ1) is 12.1. The zero-order chi connectivity index (χ0) is 17.4. The molecule has 0 aliphatic heterocycles. The van der Waals surface area contributed by atoms with Gasteiger partial charge in [0.1, 0.15) is 10.3 Å². The summed E-state index contributed by atoms with van der Waals surface area (Å²) in [6, 6.07) is 12.4. The summed E-state index contributed by atoms with van der Waals surface area (Å²) in [5, 5.41) is 3.17. The van der Waals surface area contributed by atoms with Gasteiger partial charge >= 0.3 is 0 Å². The van der Waals surface area contributed by atoms with Gasteiger partial charge in [-0.3, -0.25) is 9.36 Å². The number of carbonyl (C=O) groups excluding carboxylic acids is 1. The number of aromatic nitrogens is 2. The summed E-state index contributed by atoms with van der Waals surface area (Å²) < 4.78 is 2.12. The van der Waals surface area contributed by atoms with Gasteiger partial charge in [0.05, 0.1) is 4.88 Å². The second-order valence-electron chi connectivity index (χ2n) is 6.73. The molecule has 25 heavy (non-hydrogen) atoms. The Morgan fingerprint density at radius 2 is 1.96 bits per heavy atom. The molecule has 130 valence electrons. The summed E-state index contributed by atoms with van der Waals surface area (Å²) in [5.74, 6) is 0.899. The van der Waals surface area contributed by atoms with Crippen LogP contribution in [0.3, 0.4) is 0 Å². The number of para-hydroxylation sites is 1. The molecule has 1 fully saturated rings. The van der Waals surface area contributed by atoms with Crippen molar-refractivity contribution in [1.29, 1.82) is 0 Å². The molecule has 6 heteroatoms. The highest BCUT2D eigenvalue weighted by Gasteiger charge is 2.22. The van der Waals surface area contributed by atoms with Crippen LogP contribution in [0.1, 0.15) is 35.4 Å². The molecule has 0 spiro atoms. The minimum absolute atomic E-state index is 0.0286. The lowest BCUT2D eigenvalue weighted by Crippen LogP contribution is -2.31. The van der Waals surface area contributed by atoms with Crippen LogP contribution in [0.4, 0.5) is 5.95 Å². The van der Waals surface area contributed by atoms with Gasteiger partial charge in [-0.25, -0.2) is 4.98 Å². The van der Waals surface area contributed by atoms with Crippen LogP contribution in [0.2, 0.25) is 0 Å². The molecule has 0 saturated heterocycles. The zero-order valence-corrected chi connectivity index (χ0v) is 15.3. The van der Waals surface area contributed by atoms with Crippen LogP contribution in [-0.2, 0) is 0 Å². The molecule has 1 saturated carbocycles. The minimum atomic E-state index is 0.0286. The molecule has 0 radical (unpaired) electrons. The van der Waals surface area contributed by atoms with Gasteiger partial charge in [0.15, 0.2) is 0 Å². The summed E-state index contributed by atoms with van der Waals surface area (Å²) in [6.07, 6.45) is 4.61. The first-order valence-corrected chi connectivity index (χ1v) is 9.51. The molecule has 1 aliphatic carbocycles. The molecule has 0 unspecified atom stereocenters. The number of anilines is 1. The minimum Gasteiger partial charge on any atom is -0.349 e. The van der Waals surface area contributed by atoms with Gasteiger partial charge in [0.2, 0.25) is 5.95 Å². The molecule has 1 amide bonds. The largest absolute Gasteiger partial charge is 0.349 e. The molecule has 0 atom stereocenters. The standard InChI is InChI=1S/C19H22N4OS/c1-22(2)19-21-15-12-16(17(24)20-13-8-6-7-9-13)25-18(15)23(19)14-10-4-3-5-11-14/h3-5,10-13H,6-9H2,1-2H3,(H,20,24). The summed E-state index contributed by atoms with van der Waals surface area (Å²) in [7, 11) is 3.97. The Hall–Kier alpha value is -2.34. The van der Waals surface area contributed by atoms with Gasteiger partial charge in [-0.05, 0) is 31.0 Å². The third-order valence-electron chi connectivity index (χ3n) is 4.65. The topological polar surface area (TPSA) is 50.2 Å². The number of hydrogen-bond donors (Lipinski definition) is 1. The average molecular weight is 354 g/mol. The predicted molar refractivity (Wildman–Crippen MR) is 103 cm³/mol. The highest BCUT2D eigenvalue weighted by Crippen LogP contribution is 2.32. The number of thiophene rings is 1. The number of amides is 1. The summed E-state index contributed by atoms with van der Waals surface area (Å²) in [4.78, 5) is 21.1. The van der Waals surface area contributed by atoms with Crippen LogP contribution in [0.15, 0.2) is 36.4 Å². The number of imidazole rings is 1. The van der Waals surface area contributed by atoms with E-state index in [-0.39, 0.29) is 5.91 Å². The van der Waals surface area contributed by atoms with Gasteiger partial charge in [-0.15, -0.1) is 11.3 Å². The van der Waals surface area contributed by atoms with Crippen LogP contribution in [-0.4, -0.2) is 35.6 Å². The van der Waals surface area contributed by atoms with E-state index < -0.39 is 0 Å². The number of rotatable bonds is 4. The van der Waals surface area contributed by atoms with Crippen LogP contribution >= 0.6 is 11.3 Å². The Balaban J connectivity index is 1.73. The van der Waals surface area contributed by atoms with Crippen molar-refractivity contribution in [3.05, 3.63) is 41.3 Å². The molecule has 1 aromatic carbocycles. The zero-order valence-electron chi connectivity index (χ0n) is 14.5.